The Balaban J connectivity index is 2.12. The molecule has 0 aromatic heterocycles. The number of rotatable bonds is 3. The maximum absolute atomic E-state index is 9.51. The number of methoxy groups -OCH3 is 1. The zero-order valence-corrected chi connectivity index (χ0v) is 10.6. The molecule has 3 N–H and O–H groups in total. The maximum Gasteiger partial charge on any atom is 0.190 e. The topological polar surface area (TPSA) is 69.9 Å². The van der Waals surface area contributed by atoms with Crippen molar-refractivity contribution >= 4 is 6.08 Å². The quantitative estimate of drug-likeness (QED) is 0.728. The molecule has 0 radical (unpaired) electrons. The summed E-state index contributed by atoms with van der Waals surface area (Å²) in [5.41, 5.74) is 1.60. The summed E-state index contributed by atoms with van der Waals surface area (Å²) in [4.78, 5) is 0. The molecule has 0 saturated heterocycles. The van der Waals surface area contributed by atoms with E-state index in [9.17, 15) is 15.3 Å². The molecule has 0 atom stereocenters. The van der Waals surface area contributed by atoms with E-state index in [1.807, 2.05) is 30.3 Å². The van der Waals surface area contributed by atoms with Gasteiger partial charge in [0.25, 0.3) is 0 Å². The fraction of sp³-hybridized carbons (Fsp3) is 0.200. The number of allylic oxidation sites excluding steroid dienone is 2. The summed E-state index contributed by atoms with van der Waals surface area (Å²) in [6, 6.07) is 7.46. The Bertz CT molecular complexity index is 536. The van der Waals surface area contributed by atoms with E-state index in [0.29, 0.717) is 5.57 Å². The van der Waals surface area contributed by atoms with Crippen molar-refractivity contribution in [1.82, 2.24) is 0 Å². The van der Waals surface area contributed by atoms with Gasteiger partial charge in [0.05, 0.1) is 7.11 Å². The highest BCUT2D eigenvalue weighted by Crippen LogP contribution is 2.25. The van der Waals surface area contributed by atoms with Gasteiger partial charge in [-0.05, 0) is 29.3 Å². The van der Waals surface area contributed by atoms with E-state index in [2.05, 4.69) is 0 Å². The van der Waals surface area contributed by atoms with Gasteiger partial charge in [0.1, 0.15) is 11.5 Å². The lowest BCUT2D eigenvalue weighted by Gasteiger charge is -2.21. The fourth-order valence-electron chi connectivity index (χ4n) is 1.90. The summed E-state index contributed by atoms with van der Waals surface area (Å²) in [6.45, 7) is 0. The summed E-state index contributed by atoms with van der Waals surface area (Å²) >= 11 is 0. The molecule has 2 rings (SSSR count). The Kier molecular flexibility index (Phi) is 3.74. The lowest BCUT2D eigenvalue weighted by atomic mass is 9.97. The predicted octanol–water partition coefficient (Wildman–Crippen LogP) is 2.16. The zero-order valence-electron chi connectivity index (χ0n) is 10.6. The number of hydrogen-bond donors (Lipinski definition) is 3. The van der Waals surface area contributed by atoms with Gasteiger partial charge >= 0.3 is 0 Å². The number of aliphatic hydroxyl groups excluding tert-OH is 1. The first-order chi connectivity index (χ1) is 8.98. The predicted molar refractivity (Wildman–Crippen MR) is 72.6 cm³/mol. The van der Waals surface area contributed by atoms with Crippen molar-refractivity contribution in [1.29, 1.82) is 0 Å². The summed E-state index contributed by atoms with van der Waals surface area (Å²) in [6.07, 6.45) is 6.14. The van der Waals surface area contributed by atoms with Gasteiger partial charge in [-0.3, -0.25) is 0 Å². The van der Waals surface area contributed by atoms with Gasteiger partial charge in [-0.25, -0.2) is 0 Å². The van der Waals surface area contributed by atoms with E-state index < -0.39 is 5.79 Å². The van der Waals surface area contributed by atoms with Gasteiger partial charge in [-0.1, -0.05) is 24.3 Å². The average molecular weight is 260 g/mol. The molecule has 0 fully saturated rings. The zero-order chi connectivity index (χ0) is 13.9. The Morgan fingerprint density at radius 1 is 1.16 bits per heavy atom. The molecule has 100 valence electrons. The summed E-state index contributed by atoms with van der Waals surface area (Å²) in [5.74, 6) is -1.36. The largest absolute Gasteiger partial charge is 0.508 e. The minimum atomic E-state index is -1.99. The van der Waals surface area contributed by atoms with E-state index in [4.69, 9.17) is 4.74 Å². The molecule has 0 unspecified atom stereocenters. The first-order valence-corrected chi connectivity index (χ1v) is 5.88. The van der Waals surface area contributed by atoms with Crippen LogP contribution in [0, 0.1) is 0 Å². The fourth-order valence-corrected chi connectivity index (χ4v) is 1.90. The van der Waals surface area contributed by atoms with Crippen LogP contribution in [0.4, 0.5) is 0 Å². The van der Waals surface area contributed by atoms with Crippen LogP contribution >= 0.6 is 0 Å². The molecule has 1 aromatic rings. The first kappa shape index (κ1) is 13.4. The van der Waals surface area contributed by atoms with Crippen LogP contribution < -0.4 is 4.74 Å². The number of benzene rings is 1. The highest BCUT2D eigenvalue weighted by Gasteiger charge is 2.25. The van der Waals surface area contributed by atoms with Crippen LogP contribution in [0.5, 0.6) is 5.75 Å². The lowest BCUT2D eigenvalue weighted by Crippen LogP contribution is -2.28. The van der Waals surface area contributed by atoms with Gasteiger partial charge in [0, 0.05) is 12.5 Å². The molecule has 0 spiro atoms. The minimum absolute atomic E-state index is 0.0454. The van der Waals surface area contributed by atoms with Gasteiger partial charge in [-0.15, -0.1) is 0 Å². The third kappa shape index (κ3) is 3.71. The van der Waals surface area contributed by atoms with Crippen LogP contribution in [0.3, 0.4) is 0 Å². The van der Waals surface area contributed by atoms with E-state index in [1.165, 1.54) is 6.08 Å². The van der Waals surface area contributed by atoms with Crippen molar-refractivity contribution < 1.29 is 20.1 Å². The van der Waals surface area contributed by atoms with Crippen molar-refractivity contribution in [3.8, 4) is 5.75 Å². The molecule has 1 aliphatic carbocycles. The molecule has 0 heterocycles. The SMILES string of the molecule is COc1ccc(/C=C/C2=CC(O)=CC(O)(O)C2)cc1. The molecule has 0 aliphatic heterocycles. The van der Waals surface area contributed by atoms with Crippen LogP contribution in [-0.2, 0) is 0 Å². The van der Waals surface area contributed by atoms with Crippen molar-refractivity contribution in [3.05, 3.63) is 59.4 Å². The highest BCUT2D eigenvalue weighted by molar-refractivity contribution is 5.55. The first-order valence-electron chi connectivity index (χ1n) is 5.88. The van der Waals surface area contributed by atoms with Crippen LogP contribution in [0.1, 0.15) is 12.0 Å². The third-order valence-electron chi connectivity index (χ3n) is 2.78. The standard InChI is InChI=1S/C15H16O4/c1-19-14-6-4-11(5-7-14)2-3-12-8-13(16)10-15(17,18)9-12/h2-8,10,16-18H,9H2,1H3/b3-2+. The van der Waals surface area contributed by atoms with Crippen LogP contribution in [0.2, 0.25) is 0 Å². The molecule has 0 bridgehead atoms. The minimum Gasteiger partial charge on any atom is -0.508 e. The molecular weight excluding hydrogens is 244 g/mol. The smallest absolute Gasteiger partial charge is 0.190 e. The van der Waals surface area contributed by atoms with Crippen molar-refractivity contribution in [3.63, 3.8) is 0 Å². The van der Waals surface area contributed by atoms with Gasteiger partial charge in [-0.2, -0.15) is 0 Å². The lowest BCUT2D eigenvalue weighted by molar-refractivity contribution is -0.118. The molecule has 4 heteroatoms. The molecule has 1 aromatic carbocycles. The second-order valence-electron chi connectivity index (χ2n) is 4.45. The molecule has 19 heavy (non-hydrogen) atoms. The van der Waals surface area contributed by atoms with Crippen LogP contribution in [0.15, 0.2) is 53.8 Å². The molecular formula is C15H16O4. The second-order valence-corrected chi connectivity index (χ2v) is 4.45. The Hall–Kier alpha value is -2.04. The van der Waals surface area contributed by atoms with Crippen molar-refractivity contribution in [2.75, 3.05) is 7.11 Å². The molecule has 1 aliphatic rings. The number of hydrogen-bond acceptors (Lipinski definition) is 4. The average Bonchev–Trinajstić information content (AvgIpc) is 2.34. The summed E-state index contributed by atoms with van der Waals surface area (Å²) in [7, 11) is 1.61. The van der Waals surface area contributed by atoms with Crippen molar-refractivity contribution in [2.24, 2.45) is 0 Å². The monoisotopic (exact) mass is 260 g/mol. The summed E-state index contributed by atoms with van der Waals surface area (Å²) < 4.78 is 5.06. The Morgan fingerprint density at radius 2 is 1.84 bits per heavy atom. The van der Waals surface area contributed by atoms with E-state index in [-0.39, 0.29) is 12.2 Å². The van der Waals surface area contributed by atoms with Gasteiger partial charge in [0.2, 0.25) is 0 Å². The van der Waals surface area contributed by atoms with Gasteiger partial charge < -0.3 is 20.1 Å². The highest BCUT2D eigenvalue weighted by atomic mass is 16.5. The van der Waals surface area contributed by atoms with Gasteiger partial charge in [0.15, 0.2) is 5.79 Å². The number of aliphatic hydroxyl groups is 3. The molecule has 0 saturated carbocycles. The van der Waals surface area contributed by atoms with Crippen LogP contribution in [-0.4, -0.2) is 28.2 Å². The third-order valence-corrected chi connectivity index (χ3v) is 2.78. The summed E-state index contributed by atoms with van der Waals surface area (Å²) in [5, 5.41) is 28.4. The van der Waals surface area contributed by atoms with E-state index >= 15 is 0 Å². The Labute approximate surface area is 111 Å². The normalized spacial score (nSPS) is 18.1. The maximum atomic E-state index is 9.51. The molecule has 4 nitrogen and oxygen atoms in total. The number of ether oxygens (including phenoxy) is 1. The second kappa shape index (κ2) is 5.30. The molecule has 0 amide bonds. The Morgan fingerprint density at radius 3 is 2.42 bits per heavy atom. The van der Waals surface area contributed by atoms with E-state index in [1.54, 1.807) is 13.2 Å². The van der Waals surface area contributed by atoms with Crippen LogP contribution in [0.25, 0.3) is 6.08 Å². The van der Waals surface area contributed by atoms with E-state index in [0.717, 1.165) is 17.4 Å². The van der Waals surface area contributed by atoms with Crippen molar-refractivity contribution in [2.45, 2.75) is 12.2 Å².